The molecule has 0 atom stereocenters. The second-order valence-electron chi connectivity index (χ2n) is 19.7. The minimum absolute atomic E-state index is 0.154. The van der Waals surface area contributed by atoms with Gasteiger partial charge in [0, 0.05) is 39.5 Å². The van der Waals surface area contributed by atoms with E-state index >= 15 is 0 Å². The van der Waals surface area contributed by atoms with E-state index < -0.39 is 0 Å². The van der Waals surface area contributed by atoms with E-state index in [0.29, 0.717) is 0 Å². The molecule has 0 spiro atoms. The van der Waals surface area contributed by atoms with Crippen LogP contribution in [-0.4, -0.2) is 0 Å². The van der Waals surface area contributed by atoms with E-state index in [2.05, 4.69) is 254 Å². The molecule has 0 amide bonds. The molecule has 15 rings (SSSR count). The second-order valence-corrected chi connectivity index (χ2v) is 19.7. The third-order valence-electron chi connectivity index (χ3n) is 15.5. The highest BCUT2D eigenvalue weighted by Crippen LogP contribution is 2.52. The Labute approximate surface area is 400 Å². The van der Waals surface area contributed by atoms with E-state index in [1.807, 2.05) is 0 Å². The summed E-state index contributed by atoms with van der Waals surface area (Å²) in [6, 6.07) is 86.4. The van der Waals surface area contributed by atoms with Crippen LogP contribution in [0.3, 0.4) is 0 Å². The molecule has 0 unspecified atom stereocenters. The largest absolute Gasteiger partial charge is 0.310 e. The van der Waals surface area contributed by atoms with Crippen molar-refractivity contribution in [1.29, 1.82) is 0 Å². The molecular formula is C67H44N2. The first kappa shape index (κ1) is 38.4. The Hall–Kier alpha value is -8.72. The average Bonchev–Trinajstić information content (AvgIpc) is 3.63. The molecule has 322 valence electrons. The van der Waals surface area contributed by atoms with Crippen molar-refractivity contribution >= 4 is 120 Å². The molecule has 0 bridgehead atoms. The van der Waals surface area contributed by atoms with E-state index in [-0.39, 0.29) is 5.41 Å². The van der Waals surface area contributed by atoms with Crippen molar-refractivity contribution in [2.75, 3.05) is 9.80 Å². The molecule has 14 aromatic carbocycles. The first-order valence-electron chi connectivity index (χ1n) is 24.1. The molecule has 0 saturated carbocycles. The molecule has 1 aliphatic rings. The fraction of sp³-hybridized carbons (Fsp3) is 0.0448. The van der Waals surface area contributed by atoms with E-state index in [1.54, 1.807) is 0 Å². The Kier molecular flexibility index (Phi) is 7.87. The maximum atomic E-state index is 2.50. The molecule has 1 aliphatic carbocycles. The summed E-state index contributed by atoms with van der Waals surface area (Å²) < 4.78 is 0. The highest BCUT2D eigenvalue weighted by Gasteiger charge is 2.35. The molecule has 14 aromatic rings. The number of rotatable bonds is 7. The Bertz CT molecular complexity index is 4280. The predicted molar refractivity (Wildman–Crippen MR) is 296 cm³/mol. The summed E-state index contributed by atoms with van der Waals surface area (Å²) in [4.78, 5) is 4.91. The lowest BCUT2D eigenvalue weighted by atomic mass is 9.81. The summed E-state index contributed by atoms with van der Waals surface area (Å²) in [7, 11) is 0. The maximum absolute atomic E-state index is 2.50. The van der Waals surface area contributed by atoms with Gasteiger partial charge in [-0.2, -0.15) is 0 Å². The minimum Gasteiger partial charge on any atom is -0.310 e. The Morgan fingerprint density at radius 2 is 0.565 bits per heavy atom. The Morgan fingerprint density at radius 1 is 0.232 bits per heavy atom. The Morgan fingerprint density at radius 3 is 1.04 bits per heavy atom. The second kappa shape index (κ2) is 14.2. The topological polar surface area (TPSA) is 6.48 Å². The lowest BCUT2D eigenvalue weighted by Gasteiger charge is -2.29. The molecular weight excluding hydrogens is 833 g/mol. The van der Waals surface area contributed by atoms with Gasteiger partial charge in [0.2, 0.25) is 0 Å². The summed E-state index contributed by atoms with van der Waals surface area (Å²) in [6.45, 7) is 4.79. The number of hydrogen-bond donors (Lipinski definition) is 0. The van der Waals surface area contributed by atoms with Crippen LogP contribution in [0, 0.1) is 0 Å². The molecule has 2 heteroatoms. The highest BCUT2D eigenvalue weighted by atomic mass is 15.1. The fourth-order valence-electron chi connectivity index (χ4n) is 12.4. The van der Waals surface area contributed by atoms with Gasteiger partial charge in [-0.05, 0) is 181 Å². The SMILES string of the molecule is CC1(C)c2cccc3ccc4cc(N(c5cccc(-c6cccc(N(c7ccccc7)c7cc8ccc9cccc%10ccc(c7)c8c9%10)c6)c5)c5cc6ccc7cccc8ccc(c5)c6c78)cc1c4c23. The summed E-state index contributed by atoms with van der Waals surface area (Å²) >= 11 is 0. The quantitative estimate of drug-likeness (QED) is 0.147. The zero-order valence-corrected chi connectivity index (χ0v) is 38.3. The first-order valence-corrected chi connectivity index (χ1v) is 24.1. The van der Waals surface area contributed by atoms with Crippen molar-refractivity contribution in [2.24, 2.45) is 0 Å². The van der Waals surface area contributed by atoms with Crippen molar-refractivity contribution in [3.63, 3.8) is 0 Å². The molecule has 0 radical (unpaired) electrons. The van der Waals surface area contributed by atoms with Crippen molar-refractivity contribution in [1.82, 2.24) is 0 Å². The number of para-hydroxylation sites is 1. The maximum Gasteiger partial charge on any atom is 0.0473 e. The Balaban J connectivity index is 0.910. The molecule has 2 nitrogen and oxygen atoms in total. The fourth-order valence-corrected chi connectivity index (χ4v) is 12.4. The third-order valence-corrected chi connectivity index (χ3v) is 15.5. The smallest absolute Gasteiger partial charge is 0.0473 e. The molecule has 0 aliphatic heterocycles. The molecule has 0 heterocycles. The number of hydrogen-bond acceptors (Lipinski definition) is 2. The standard InChI is InChI=1S/C67H44N2/c1-67(2)59-22-10-15-45-27-32-52-39-58(40-60(67)66(52)65(45)59)69(57-37-50-30-25-43-13-7-14-44-26-31-51(38-57)64(50)62(43)44)55-21-9-17-47(34-55)46-16-8-20-54(33-46)68(53-18-4-3-5-19-53)56-35-48-28-23-41-11-6-12-42-24-29-49(36-56)63(48)61(41)42/h3-40H,1-2H3. The molecule has 0 saturated heterocycles. The zero-order valence-electron chi connectivity index (χ0n) is 38.3. The molecule has 0 aromatic heterocycles. The first-order chi connectivity index (χ1) is 33.9. The van der Waals surface area contributed by atoms with E-state index in [9.17, 15) is 0 Å². The minimum atomic E-state index is -0.154. The van der Waals surface area contributed by atoms with Crippen LogP contribution < -0.4 is 9.80 Å². The lowest BCUT2D eigenvalue weighted by molar-refractivity contribution is 0.663. The van der Waals surface area contributed by atoms with Crippen LogP contribution in [0.4, 0.5) is 34.1 Å². The lowest BCUT2D eigenvalue weighted by Crippen LogP contribution is -2.17. The van der Waals surface area contributed by atoms with Crippen molar-refractivity contribution in [3.05, 3.63) is 242 Å². The number of nitrogens with zero attached hydrogens (tertiary/aromatic N) is 2. The zero-order chi connectivity index (χ0) is 45.5. The van der Waals surface area contributed by atoms with Crippen LogP contribution >= 0.6 is 0 Å². The predicted octanol–water partition coefficient (Wildman–Crippen LogP) is 19.0. The van der Waals surface area contributed by atoms with Crippen molar-refractivity contribution in [2.45, 2.75) is 19.3 Å². The summed E-state index contributed by atoms with van der Waals surface area (Å²) in [5.41, 5.74) is 11.7. The molecule has 0 N–H and O–H groups in total. The van der Waals surface area contributed by atoms with Gasteiger partial charge in [-0.15, -0.1) is 0 Å². The van der Waals surface area contributed by atoms with E-state index in [1.165, 1.54) is 97.3 Å². The number of benzene rings is 14. The van der Waals surface area contributed by atoms with Crippen LogP contribution in [0.25, 0.3) is 97.3 Å². The van der Waals surface area contributed by atoms with Gasteiger partial charge in [0.1, 0.15) is 0 Å². The van der Waals surface area contributed by atoms with Gasteiger partial charge in [-0.25, -0.2) is 0 Å². The van der Waals surface area contributed by atoms with Gasteiger partial charge in [0.05, 0.1) is 0 Å². The summed E-state index contributed by atoms with van der Waals surface area (Å²) in [5, 5.41) is 20.8. The summed E-state index contributed by atoms with van der Waals surface area (Å²) in [5.74, 6) is 0. The average molecular weight is 877 g/mol. The van der Waals surface area contributed by atoms with Gasteiger partial charge in [0.15, 0.2) is 0 Å². The monoisotopic (exact) mass is 876 g/mol. The highest BCUT2D eigenvalue weighted by molar-refractivity contribution is 6.25. The van der Waals surface area contributed by atoms with Crippen molar-refractivity contribution in [3.8, 4) is 11.1 Å². The van der Waals surface area contributed by atoms with E-state index in [0.717, 1.165) is 45.3 Å². The van der Waals surface area contributed by atoms with Crippen LogP contribution in [-0.2, 0) is 5.41 Å². The number of anilines is 6. The van der Waals surface area contributed by atoms with Gasteiger partial charge in [0.25, 0.3) is 0 Å². The van der Waals surface area contributed by atoms with Crippen molar-refractivity contribution < 1.29 is 0 Å². The van der Waals surface area contributed by atoms with Gasteiger partial charge >= 0.3 is 0 Å². The normalized spacial score (nSPS) is 13.2. The molecule has 0 fully saturated rings. The van der Waals surface area contributed by atoms with Gasteiger partial charge in [-0.1, -0.05) is 172 Å². The summed E-state index contributed by atoms with van der Waals surface area (Å²) in [6.07, 6.45) is 0. The van der Waals surface area contributed by atoms with Crippen LogP contribution in [0.5, 0.6) is 0 Å². The third kappa shape index (κ3) is 5.61. The van der Waals surface area contributed by atoms with Crippen LogP contribution in [0.15, 0.2) is 231 Å². The van der Waals surface area contributed by atoms with Gasteiger partial charge < -0.3 is 9.80 Å². The van der Waals surface area contributed by atoms with Gasteiger partial charge in [-0.3, -0.25) is 0 Å². The molecule has 69 heavy (non-hydrogen) atoms. The van der Waals surface area contributed by atoms with E-state index in [4.69, 9.17) is 0 Å². The van der Waals surface area contributed by atoms with Crippen LogP contribution in [0.1, 0.15) is 25.0 Å². The van der Waals surface area contributed by atoms with Crippen LogP contribution in [0.2, 0.25) is 0 Å².